The van der Waals surface area contributed by atoms with Gasteiger partial charge in [0.2, 0.25) is 0 Å². The Morgan fingerprint density at radius 2 is 2.18 bits per heavy atom. The van der Waals surface area contributed by atoms with Gasteiger partial charge in [0.05, 0.1) is 6.10 Å². The van der Waals surface area contributed by atoms with E-state index >= 15 is 0 Å². The Bertz CT molecular complexity index is 283. The molecule has 0 bridgehead atoms. The molecule has 0 aliphatic heterocycles. The summed E-state index contributed by atoms with van der Waals surface area (Å²) in [5, 5.41) is 9.21. The van der Waals surface area contributed by atoms with Gasteiger partial charge in [-0.25, -0.2) is 4.39 Å². The average Bonchev–Trinajstić information content (AvgIpc) is 2.31. The van der Waals surface area contributed by atoms with E-state index in [0.717, 1.165) is 5.56 Å². The molecule has 0 saturated carbocycles. The number of halogens is 1. The third-order valence-corrected chi connectivity index (χ3v) is 2.11. The Morgan fingerprint density at radius 1 is 1.36 bits per heavy atom. The molecule has 11 heavy (non-hydrogen) atoms. The number of aliphatic hydroxyl groups is 1. The van der Waals surface area contributed by atoms with E-state index in [1.807, 2.05) is 6.07 Å². The van der Waals surface area contributed by atoms with Crippen LogP contribution in [0.3, 0.4) is 0 Å². The highest BCUT2D eigenvalue weighted by Crippen LogP contribution is 2.24. The van der Waals surface area contributed by atoms with Crippen molar-refractivity contribution in [2.24, 2.45) is 0 Å². The molecule has 1 nitrogen and oxygen atoms in total. The first-order chi connectivity index (χ1) is 5.27. The highest BCUT2D eigenvalue weighted by atomic mass is 19.1. The largest absolute Gasteiger partial charge is 0.392 e. The van der Waals surface area contributed by atoms with Crippen molar-refractivity contribution in [1.82, 2.24) is 0 Å². The minimum atomic E-state index is -0.373. The molecule has 1 aliphatic rings. The summed E-state index contributed by atoms with van der Waals surface area (Å²) in [5.74, 6) is -0.181. The fourth-order valence-electron chi connectivity index (χ4n) is 1.58. The quantitative estimate of drug-likeness (QED) is 0.593. The molecule has 0 heterocycles. The van der Waals surface area contributed by atoms with Crippen LogP contribution >= 0.6 is 0 Å². The minimum Gasteiger partial charge on any atom is -0.392 e. The van der Waals surface area contributed by atoms with Crippen LogP contribution in [0, 0.1) is 5.82 Å². The second kappa shape index (κ2) is 2.31. The van der Waals surface area contributed by atoms with Gasteiger partial charge in [0, 0.05) is 6.42 Å². The van der Waals surface area contributed by atoms with Crippen LogP contribution in [0.4, 0.5) is 4.39 Å². The van der Waals surface area contributed by atoms with E-state index in [1.54, 1.807) is 6.07 Å². The lowest BCUT2D eigenvalue weighted by molar-refractivity contribution is 0.186. The number of hydrogen-bond acceptors (Lipinski definition) is 1. The lowest BCUT2D eigenvalue weighted by atomic mass is 10.1. The first-order valence-corrected chi connectivity index (χ1v) is 3.71. The second-order valence-electron chi connectivity index (χ2n) is 2.94. The normalized spacial score (nSPS) is 21.8. The second-order valence-corrected chi connectivity index (χ2v) is 2.94. The molecule has 0 saturated heterocycles. The number of aliphatic hydroxyl groups excluding tert-OH is 1. The first kappa shape index (κ1) is 6.80. The lowest BCUT2D eigenvalue weighted by Crippen LogP contribution is -2.03. The van der Waals surface area contributed by atoms with Crippen LogP contribution < -0.4 is 0 Å². The summed E-state index contributed by atoms with van der Waals surface area (Å²) >= 11 is 0. The molecular formula is C9H9FO. The van der Waals surface area contributed by atoms with Crippen LogP contribution in [0.25, 0.3) is 0 Å². The van der Waals surface area contributed by atoms with Crippen molar-refractivity contribution in [1.29, 1.82) is 0 Å². The lowest BCUT2D eigenvalue weighted by Gasteiger charge is -1.97. The maximum Gasteiger partial charge on any atom is 0.126 e. The summed E-state index contributed by atoms with van der Waals surface area (Å²) in [4.78, 5) is 0. The monoisotopic (exact) mass is 152 g/mol. The minimum absolute atomic E-state index is 0.181. The molecule has 1 aromatic carbocycles. The van der Waals surface area contributed by atoms with Gasteiger partial charge in [0.1, 0.15) is 5.82 Å². The SMILES string of the molecule is OC1Cc2cccc(F)c2C1. The summed E-state index contributed by atoms with van der Waals surface area (Å²) in [6, 6.07) is 5.00. The molecule has 2 rings (SSSR count). The van der Waals surface area contributed by atoms with Gasteiger partial charge < -0.3 is 5.11 Å². The van der Waals surface area contributed by atoms with E-state index in [-0.39, 0.29) is 11.9 Å². The third-order valence-electron chi connectivity index (χ3n) is 2.11. The summed E-state index contributed by atoms with van der Waals surface area (Å²) in [6.07, 6.45) is 0.705. The molecule has 0 radical (unpaired) electrons. The molecule has 1 aliphatic carbocycles. The summed E-state index contributed by atoms with van der Waals surface area (Å²) in [5.41, 5.74) is 1.65. The van der Waals surface area contributed by atoms with Crippen LogP contribution in [0.2, 0.25) is 0 Å². The predicted molar refractivity (Wildman–Crippen MR) is 39.8 cm³/mol. The zero-order valence-electron chi connectivity index (χ0n) is 6.05. The van der Waals surface area contributed by atoms with E-state index in [1.165, 1.54) is 6.07 Å². The zero-order valence-corrected chi connectivity index (χ0v) is 6.05. The van der Waals surface area contributed by atoms with Gasteiger partial charge in [0.25, 0.3) is 0 Å². The predicted octanol–water partition coefficient (Wildman–Crippen LogP) is 1.29. The van der Waals surface area contributed by atoms with Gasteiger partial charge in [-0.05, 0) is 23.6 Å². The van der Waals surface area contributed by atoms with Gasteiger partial charge in [-0.2, -0.15) is 0 Å². The zero-order chi connectivity index (χ0) is 7.84. The van der Waals surface area contributed by atoms with E-state index in [9.17, 15) is 9.50 Å². The van der Waals surface area contributed by atoms with Gasteiger partial charge in [0.15, 0.2) is 0 Å². The smallest absolute Gasteiger partial charge is 0.126 e. The number of hydrogen-bond donors (Lipinski definition) is 1. The van der Waals surface area contributed by atoms with Gasteiger partial charge in [-0.15, -0.1) is 0 Å². The Balaban J connectivity index is 2.49. The van der Waals surface area contributed by atoms with Gasteiger partial charge in [-0.1, -0.05) is 12.1 Å². The Morgan fingerprint density at radius 3 is 2.91 bits per heavy atom. The van der Waals surface area contributed by atoms with Crippen molar-refractivity contribution >= 4 is 0 Å². The summed E-state index contributed by atoms with van der Waals surface area (Å²) in [6.45, 7) is 0. The molecule has 2 heteroatoms. The summed E-state index contributed by atoms with van der Waals surface area (Å²) in [7, 11) is 0. The maximum absolute atomic E-state index is 13.0. The topological polar surface area (TPSA) is 20.2 Å². The fraction of sp³-hybridized carbons (Fsp3) is 0.333. The van der Waals surface area contributed by atoms with Crippen molar-refractivity contribution in [3.8, 4) is 0 Å². The van der Waals surface area contributed by atoms with Crippen molar-refractivity contribution in [2.45, 2.75) is 18.9 Å². The fourth-order valence-corrected chi connectivity index (χ4v) is 1.58. The molecule has 0 fully saturated rings. The molecule has 1 aromatic rings. The van der Waals surface area contributed by atoms with Crippen molar-refractivity contribution in [2.75, 3.05) is 0 Å². The summed E-state index contributed by atoms with van der Waals surface area (Å²) < 4.78 is 13.0. The average molecular weight is 152 g/mol. The number of fused-ring (bicyclic) bond motifs is 1. The molecule has 58 valence electrons. The van der Waals surface area contributed by atoms with E-state index in [2.05, 4.69) is 0 Å². The molecule has 1 N–H and O–H groups in total. The highest BCUT2D eigenvalue weighted by Gasteiger charge is 2.21. The Kier molecular flexibility index (Phi) is 1.43. The van der Waals surface area contributed by atoms with Gasteiger partial charge in [-0.3, -0.25) is 0 Å². The van der Waals surface area contributed by atoms with Crippen LogP contribution in [-0.2, 0) is 12.8 Å². The first-order valence-electron chi connectivity index (χ1n) is 3.71. The van der Waals surface area contributed by atoms with Crippen LogP contribution in [0.15, 0.2) is 18.2 Å². The molecule has 1 unspecified atom stereocenters. The van der Waals surface area contributed by atoms with Crippen LogP contribution in [-0.4, -0.2) is 11.2 Å². The third kappa shape index (κ3) is 1.03. The molecule has 0 amide bonds. The van der Waals surface area contributed by atoms with Gasteiger partial charge >= 0.3 is 0 Å². The Labute approximate surface area is 64.5 Å². The standard InChI is InChI=1S/C9H9FO/c10-9-3-1-2-6-4-7(11)5-8(6)9/h1-3,7,11H,4-5H2. The molecular weight excluding hydrogens is 143 g/mol. The number of benzene rings is 1. The van der Waals surface area contributed by atoms with E-state index in [4.69, 9.17) is 0 Å². The molecule has 0 spiro atoms. The van der Waals surface area contributed by atoms with E-state index in [0.29, 0.717) is 18.4 Å². The van der Waals surface area contributed by atoms with Crippen molar-refractivity contribution < 1.29 is 9.50 Å². The van der Waals surface area contributed by atoms with E-state index < -0.39 is 0 Å². The van der Waals surface area contributed by atoms with Crippen molar-refractivity contribution in [3.63, 3.8) is 0 Å². The number of rotatable bonds is 0. The molecule has 0 aromatic heterocycles. The van der Waals surface area contributed by atoms with Crippen molar-refractivity contribution in [3.05, 3.63) is 35.1 Å². The Hall–Kier alpha value is -0.890. The van der Waals surface area contributed by atoms with Crippen LogP contribution in [0.5, 0.6) is 0 Å². The van der Waals surface area contributed by atoms with Crippen LogP contribution in [0.1, 0.15) is 11.1 Å². The maximum atomic E-state index is 13.0. The highest BCUT2D eigenvalue weighted by molar-refractivity contribution is 5.33. The molecule has 1 atom stereocenters.